The summed E-state index contributed by atoms with van der Waals surface area (Å²) in [5.74, 6) is -1.90. The standard InChI is InChI=1S/C16H30F3N3O3/c1-15(2,3)25-14(24)22(5)12-7-6-10-21(4)11-8-9-20-13(23)16(17,18)19/h6-12H2,1-5H3,(H,20,23). The fraction of sp³-hybridized carbons (Fsp3) is 0.875. The zero-order valence-electron chi connectivity index (χ0n) is 15.7. The molecule has 0 aromatic heterocycles. The molecule has 0 saturated carbocycles. The number of nitrogens with zero attached hydrogens (tertiary/aromatic N) is 2. The number of carbonyl (C=O) groups is 2. The van der Waals surface area contributed by atoms with E-state index in [1.807, 2.05) is 38.0 Å². The third-order valence-electron chi connectivity index (χ3n) is 3.25. The number of hydrogen-bond acceptors (Lipinski definition) is 4. The largest absolute Gasteiger partial charge is 0.471 e. The maximum atomic E-state index is 12.0. The Hall–Kier alpha value is -1.51. The summed E-state index contributed by atoms with van der Waals surface area (Å²) in [4.78, 5) is 25.9. The van der Waals surface area contributed by atoms with Gasteiger partial charge in [-0.3, -0.25) is 4.79 Å². The van der Waals surface area contributed by atoms with Gasteiger partial charge in [-0.25, -0.2) is 4.79 Å². The summed E-state index contributed by atoms with van der Waals surface area (Å²) in [6.07, 6.45) is -3.10. The van der Waals surface area contributed by atoms with Crippen molar-refractivity contribution in [3.63, 3.8) is 0 Å². The molecule has 25 heavy (non-hydrogen) atoms. The average molecular weight is 369 g/mol. The SMILES string of the molecule is CN(CCCCN(C)C(=O)OC(C)(C)C)CCCNC(=O)C(F)(F)F. The summed E-state index contributed by atoms with van der Waals surface area (Å²) in [6, 6.07) is 0. The second-order valence-corrected chi connectivity index (χ2v) is 7.02. The number of alkyl halides is 3. The van der Waals surface area contributed by atoms with Gasteiger partial charge in [0.25, 0.3) is 0 Å². The van der Waals surface area contributed by atoms with Crippen molar-refractivity contribution in [1.82, 2.24) is 15.1 Å². The maximum absolute atomic E-state index is 12.0. The van der Waals surface area contributed by atoms with Crippen molar-refractivity contribution < 1.29 is 27.5 Å². The van der Waals surface area contributed by atoms with Gasteiger partial charge in [0.15, 0.2) is 0 Å². The van der Waals surface area contributed by atoms with Crippen LogP contribution in [0.4, 0.5) is 18.0 Å². The number of nitrogens with one attached hydrogen (secondary N) is 1. The quantitative estimate of drug-likeness (QED) is 0.635. The number of rotatable bonds is 9. The molecule has 0 spiro atoms. The molecule has 0 heterocycles. The highest BCUT2D eigenvalue weighted by Gasteiger charge is 2.38. The minimum absolute atomic E-state index is 0.00986. The van der Waals surface area contributed by atoms with E-state index in [0.717, 1.165) is 19.4 Å². The van der Waals surface area contributed by atoms with E-state index in [-0.39, 0.29) is 12.6 Å². The number of hydrogen-bond donors (Lipinski definition) is 1. The Kier molecular flexibility index (Phi) is 9.84. The van der Waals surface area contributed by atoms with Gasteiger partial charge < -0.3 is 19.9 Å². The molecule has 0 radical (unpaired) electrons. The topological polar surface area (TPSA) is 61.9 Å². The van der Waals surface area contributed by atoms with Gasteiger partial charge in [0, 0.05) is 20.1 Å². The summed E-state index contributed by atoms with van der Waals surface area (Å²) in [5, 5.41) is 1.84. The molecule has 0 bridgehead atoms. The van der Waals surface area contributed by atoms with Crippen LogP contribution in [-0.2, 0) is 9.53 Å². The van der Waals surface area contributed by atoms with Gasteiger partial charge in [-0.2, -0.15) is 13.2 Å². The smallest absolute Gasteiger partial charge is 0.444 e. The zero-order chi connectivity index (χ0) is 19.7. The van der Waals surface area contributed by atoms with Crippen LogP contribution in [0, 0.1) is 0 Å². The lowest BCUT2D eigenvalue weighted by Gasteiger charge is -2.25. The Morgan fingerprint density at radius 3 is 2.00 bits per heavy atom. The normalized spacial score (nSPS) is 12.2. The van der Waals surface area contributed by atoms with Crippen molar-refractivity contribution in [2.24, 2.45) is 0 Å². The van der Waals surface area contributed by atoms with Gasteiger partial charge in [-0.05, 0) is 60.2 Å². The Morgan fingerprint density at radius 2 is 1.48 bits per heavy atom. The minimum atomic E-state index is -4.83. The molecule has 148 valence electrons. The van der Waals surface area contributed by atoms with Gasteiger partial charge in [-0.15, -0.1) is 0 Å². The molecule has 2 amide bonds. The number of halogens is 3. The first kappa shape index (κ1) is 23.5. The molecular weight excluding hydrogens is 339 g/mol. The van der Waals surface area contributed by atoms with E-state index < -0.39 is 17.7 Å². The van der Waals surface area contributed by atoms with Crippen LogP contribution in [0.15, 0.2) is 0 Å². The Labute approximate surface area is 147 Å². The van der Waals surface area contributed by atoms with Crippen LogP contribution in [0.2, 0.25) is 0 Å². The fourth-order valence-electron chi connectivity index (χ4n) is 1.92. The molecule has 0 aliphatic rings. The second-order valence-electron chi connectivity index (χ2n) is 7.02. The lowest BCUT2D eigenvalue weighted by atomic mass is 10.2. The highest BCUT2D eigenvalue weighted by Crippen LogP contribution is 2.13. The van der Waals surface area contributed by atoms with E-state index in [0.29, 0.717) is 19.5 Å². The van der Waals surface area contributed by atoms with Gasteiger partial charge >= 0.3 is 18.2 Å². The van der Waals surface area contributed by atoms with Crippen molar-refractivity contribution in [3.05, 3.63) is 0 Å². The molecule has 6 nitrogen and oxygen atoms in total. The molecule has 0 aromatic rings. The van der Waals surface area contributed by atoms with Crippen LogP contribution in [0.1, 0.15) is 40.0 Å². The molecule has 0 aliphatic heterocycles. The zero-order valence-corrected chi connectivity index (χ0v) is 15.7. The van der Waals surface area contributed by atoms with Crippen LogP contribution in [0.5, 0.6) is 0 Å². The highest BCUT2D eigenvalue weighted by molar-refractivity contribution is 5.81. The molecule has 0 aromatic carbocycles. The molecule has 0 fully saturated rings. The monoisotopic (exact) mass is 369 g/mol. The predicted molar refractivity (Wildman–Crippen MR) is 89.3 cm³/mol. The summed E-state index contributed by atoms with van der Waals surface area (Å²) in [7, 11) is 3.55. The van der Waals surface area contributed by atoms with Gasteiger partial charge in [0.1, 0.15) is 5.60 Å². The van der Waals surface area contributed by atoms with Crippen LogP contribution in [0.25, 0.3) is 0 Å². The van der Waals surface area contributed by atoms with E-state index >= 15 is 0 Å². The first-order chi connectivity index (χ1) is 11.3. The minimum Gasteiger partial charge on any atom is -0.444 e. The molecule has 0 aliphatic carbocycles. The molecule has 0 unspecified atom stereocenters. The van der Waals surface area contributed by atoms with E-state index in [9.17, 15) is 22.8 Å². The van der Waals surface area contributed by atoms with Gasteiger partial charge in [0.2, 0.25) is 0 Å². The summed E-state index contributed by atoms with van der Waals surface area (Å²) < 4.78 is 41.2. The second kappa shape index (κ2) is 10.5. The van der Waals surface area contributed by atoms with Gasteiger partial charge in [0.05, 0.1) is 0 Å². The molecule has 0 rings (SSSR count). The van der Waals surface area contributed by atoms with Crippen molar-refractivity contribution >= 4 is 12.0 Å². The number of unbranched alkanes of at least 4 members (excludes halogenated alkanes) is 1. The molecular formula is C16H30F3N3O3. The Balaban J connectivity index is 3.75. The summed E-state index contributed by atoms with van der Waals surface area (Å²) in [6.45, 7) is 7.34. The van der Waals surface area contributed by atoms with E-state index in [1.165, 1.54) is 4.90 Å². The van der Waals surface area contributed by atoms with E-state index in [1.54, 1.807) is 7.05 Å². The third-order valence-corrected chi connectivity index (χ3v) is 3.25. The molecule has 9 heteroatoms. The first-order valence-corrected chi connectivity index (χ1v) is 8.30. The lowest BCUT2D eigenvalue weighted by Crippen LogP contribution is -2.38. The molecule has 1 N–H and O–H groups in total. The van der Waals surface area contributed by atoms with Gasteiger partial charge in [-0.1, -0.05) is 0 Å². The average Bonchev–Trinajstić information content (AvgIpc) is 2.44. The summed E-state index contributed by atoms with van der Waals surface area (Å²) in [5.41, 5.74) is -0.521. The molecule has 0 atom stereocenters. The number of carbonyl (C=O) groups excluding carboxylic acids is 2. The van der Waals surface area contributed by atoms with Crippen molar-refractivity contribution in [2.75, 3.05) is 40.3 Å². The van der Waals surface area contributed by atoms with Crippen LogP contribution in [-0.4, -0.2) is 73.9 Å². The van der Waals surface area contributed by atoms with Crippen LogP contribution >= 0.6 is 0 Å². The third kappa shape index (κ3) is 12.5. The van der Waals surface area contributed by atoms with E-state index in [2.05, 4.69) is 0 Å². The Bertz CT molecular complexity index is 423. The van der Waals surface area contributed by atoms with Crippen molar-refractivity contribution in [1.29, 1.82) is 0 Å². The van der Waals surface area contributed by atoms with Crippen molar-refractivity contribution in [3.8, 4) is 0 Å². The summed E-state index contributed by atoms with van der Waals surface area (Å²) >= 11 is 0. The predicted octanol–water partition coefficient (Wildman–Crippen LogP) is 2.63. The highest BCUT2D eigenvalue weighted by atomic mass is 19.4. The molecule has 0 saturated heterocycles. The van der Waals surface area contributed by atoms with Crippen LogP contribution in [0.3, 0.4) is 0 Å². The van der Waals surface area contributed by atoms with E-state index in [4.69, 9.17) is 4.74 Å². The lowest BCUT2D eigenvalue weighted by molar-refractivity contribution is -0.173. The first-order valence-electron chi connectivity index (χ1n) is 8.30. The van der Waals surface area contributed by atoms with Crippen LogP contribution < -0.4 is 5.32 Å². The number of ether oxygens (including phenoxy) is 1. The fourth-order valence-corrected chi connectivity index (χ4v) is 1.92. The van der Waals surface area contributed by atoms with Crippen molar-refractivity contribution in [2.45, 2.75) is 51.8 Å². The number of amides is 2. The Morgan fingerprint density at radius 1 is 0.960 bits per heavy atom. The maximum Gasteiger partial charge on any atom is 0.471 e.